The molecule has 0 aromatic carbocycles. The maximum absolute atomic E-state index is 2.44. The van der Waals surface area contributed by atoms with E-state index in [-0.39, 0.29) is 0 Å². The van der Waals surface area contributed by atoms with Gasteiger partial charge in [-0.25, -0.2) is 0 Å². The SMILES string of the molecule is CC.CC1CCCCN(C)C1. The Morgan fingerprint density at radius 2 is 1.82 bits per heavy atom. The fourth-order valence-corrected chi connectivity index (χ4v) is 1.59. The van der Waals surface area contributed by atoms with Gasteiger partial charge in [-0.05, 0) is 32.4 Å². The molecule has 0 bridgehead atoms. The van der Waals surface area contributed by atoms with Gasteiger partial charge in [-0.3, -0.25) is 0 Å². The minimum Gasteiger partial charge on any atom is -0.306 e. The van der Waals surface area contributed by atoms with E-state index in [1.807, 2.05) is 13.8 Å². The molecule has 1 aliphatic heterocycles. The van der Waals surface area contributed by atoms with Crippen molar-refractivity contribution >= 4 is 0 Å². The van der Waals surface area contributed by atoms with Gasteiger partial charge in [0.05, 0.1) is 0 Å². The zero-order valence-corrected chi connectivity index (χ0v) is 8.56. The number of hydrogen-bond donors (Lipinski definition) is 0. The molecular formula is C10H23N. The van der Waals surface area contributed by atoms with Crippen molar-refractivity contribution in [1.29, 1.82) is 0 Å². The van der Waals surface area contributed by atoms with E-state index in [9.17, 15) is 0 Å². The first kappa shape index (κ1) is 11.0. The van der Waals surface area contributed by atoms with Crippen LogP contribution in [0.2, 0.25) is 0 Å². The average Bonchev–Trinajstić information content (AvgIpc) is 2.18. The summed E-state index contributed by atoms with van der Waals surface area (Å²) in [6, 6.07) is 0. The second-order valence-corrected chi connectivity index (χ2v) is 3.36. The summed E-state index contributed by atoms with van der Waals surface area (Å²) < 4.78 is 0. The van der Waals surface area contributed by atoms with Crippen LogP contribution < -0.4 is 0 Å². The van der Waals surface area contributed by atoms with Crippen molar-refractivity contribution in [3.8, 4) is 0 Å². The summed E-state index contributed by atoms with van der Waals surface area (Å²) in [6.07, 6.45) is 4.27. The maximum Gasteiger partial charge on any atom is 0.000397 e. The van der Waals surface area contributed by atoms with Gasteiger partial charge in [0.1, 0.15) is 0 Å². The molecule has 0 spiro atoms. The molecule has 0 saturated carbocycles. The second-order valence-electron chi connectivity index (χ2n) is 3.36. The van der Waals surface area contributed by atoms with Crippen LogP contribution in [0.25, 0.3) is 0 Å². The van der Waals surface area contributed by atoms with E-state index in [1.54, 1.807) is 0 Å². The molecule has 0 radical (unpaired) electrons. The van der Waals surface area contributed by atoms with Gasteiger partial charge in [-0.2, -0.15) is 0 Å². The number of nitrogens with zero attached hydrogens (tertiary/aromatic N) is 1. The minimum atomic E-state index is 0.928. The average molecular weight is 157 g/mol. The Balaban J connectivity index is 0.000000461. The van der Waals surface area contributed by atoms with Crippen LogP contribution in [0.5, 0.6) is 0 Å². The quantitative estimate of drug-likeness (QED) is 0.522. The second kappa shape index (κ2) is 6.66. The minimum absolute atomic E-state index is 0.928. The lowest BCUT2D eigenvalue weighted by Crippen LogP contribution is -2.22. The molecule has 1 nitrogen and oxygen atoms in total. The van der Waals surface area contributed by atoms with E-state index in [4.69, 9.17) is 0 Å². The summed E-state index contributed by atoms with van der Waals surface area (Å²) >= 11 is 0. The molecule has 68 valence electrons. The van der Waals surface area contributed by atoms with Gasteiger partial charge in [0.15, 0.2) is 0 Å². The Kier molecular flexibility index (Phi) is 6.63. The molecule has 1 heterocycles. The van der Waals surface area contributed by atoms with E-state index in [2.05, 4.69) is 18.9 Å². The van der Waals surface area contributed by atoms with Gasteiger partial charge in [0, 0.05) is 6.54 Å². The van der Waals surface area contributed by atoms with Crippen molar-refractivity contribution in [3.63, 3.8) is 0 Å². The van der Waals surface area contributed by atoms with Gasteiger partial charge in [0.25, 0.3) is 0 Å². The Bertz CT molecular complexity index is 70.9. The highest BCUT2D eigenvalue weighted by atomic mass is 15.1. The molecule has 1 rings (SSSR count). The molecule has 0 aromatic rings. The van der Waals surface area contributed by atoms with E-state index < -0.39 is 0 Å². The summed E-state index contributed by atoms with van der Waals surface area (Å²) in [5.41, 5.74) is 0. The van der Waals surface area contributed by atoms with Crippen molar-refractivity contribution in [2.75, 3.05) is 20.1 Å². The van der Waals surface area contributed by atoms with Crippen molar-refractivity contribution in [2.45, 2.75) is 40.0 Å². The van der Waals surface area contributed by atoms with Crippen LogP contribution in [0.4, 0.5) is 0 Å². The Hall–Kier alpha value is -0.0400. The van der Waals surface area contributed by atoms with Gasteiger partial charge in [-0.15, -0.1) is 0 Å². The van der Waals surface area contributed by atoms with Crippen LogP contribution in [0.15, 0.2) is 0 Å². The number of hydrogen-bond acceptors (Lipinski definition) is 1. The fourth-order valence-electron chi connectivity index (χ4n) is 1.59. The zero-order valence-electron chi connectivity index (χ0n) is 8.56. The molecule has 1 unspecified atom stereocenters. The number of likely N-dealkylation sites (tertiary alicyclic amines) is 1. The van der Waals surface area contributed by atoms with E-state index >= 15 is 0 Å². The third kappa shape index (κ3) is 5.25. The first-order chi connectivity index (χ1) is 5.29. The summed E-state index contributed by atoms with van der Waals surface area (Å²) in [6.45, 7) is 8.96. The lowest BCUT2D eigenvalue weighted by molar-refractivity contribution is 0.310. The maximum atomic E-state index is 2.44. The molecule has 1 atom stereocenters. The normalized spacial score (nSPS) is 26.7. The number of rotatable bonds is 0. The first-order valence-corrected chi connectivity index (χ1v) is 4.97. The molecule has 1 heteroatoms. The lowest BCUT2D eigenvalue weighted by Gasteiger charge is -2.15. The van der Waals surface area contributed by atoms with Crippen molar-refractivity contribution < 1.29 is 0 Å². The van der Waals surface area contributed by atoms with Crippen LogP contribution in [0.3, 0.4) is 0 Å². The van der Waals surface area contributed by atoms with Gasteiger partial charge in [-0.1, -0.05) is 27.2 Å². The first-order valence-electron chi connectivity index (χ1n) is 4.97. The Labute approximate surface area is 71.8 Å². The Morgan fingerprint density at radius 3 is 2.45 bits per heavy atom. The topological polar surface area (TPSA) is 3.24 Å². The van der Waals surface area contributed by atoms with Gasteiger partial charge >= 0.3 is 0 Å². The highest BCUT2D eigenvalue weighted by Crippen LogP contribution is 2.13. The van der Waals surface area contributed by atoms with E-state index in [1.165, 1.54) is 32.4 Å². The van der Waals surface area contributed by atoms with Crippen molar-refractivity contribution in [3.05, 3.63) is 0 Å². The van der Waals surface area contributed by atoms with Crippen LogP contribution in [0.1, 0.15) is 40.0 Å². The van der Waals surface area contributed by atoms with E-state index in [0.29, 0.717) is 0 Å². The molecule has 1 aliphatic rings. The monoisotopic (exact) mass is 157 g/mol. The third-order valence-corrected chi connectivity index (χ3v) is 2.11. The van der Waals surface area contributed by atoms with Crippen LogP contribution in [-0.2, 0) is 0 Å². The predicted octanol–water partition coefficient (Wildman–Crippen LogP) is 2.76. The Morgan fingerprint density at radius 1 is 1.18 bits per heavy atom. The van der Waals surface area contributed by atoms with Crippen molar-refractivity contribution in [2.24, 2.45) is 5.92 Å². The van der Waals surface area contributed by atoms with Gasteiger partial charge in [0.2, 0.25) is 0 Å². The smallest absolute Gasteiger partial charge is 0.000397 e. The lowest BCUT2D eigenvalue weighted by atomic mass is 10.1. The standard InChI is InChI=1S/C8H17N.C2H6/c1-8-5-3-4-6-9(2)7-8;1-2/h8H,3-7H2,1-2H3;1-2H3. The van der Waals surface area contributed by atoms with Crippen LogP contribution in [0, 0.1) is 5.92 Å². The van der Waals surface area contributed by atoms with Crippen LogP contribution in [-0.4, -0.2) is 25.0 Å². The molecule has 0 amide bonds. The summed E-state index contributed by atoms with van der Waals surface area (Å²) in [5, 5.41) is 0. The molecule has 1 fully saturated rings. The largest absolute Gasteiger partial charge is 0.306 e. The van der Waals surface area contributed by atoms with Gasteiger partial charge < -0.3 is 4.90 Å². The fraction of sp³-hybridized carbons (Fsp3) is 1.00. The zero-order chi connectivity index (χ0) is 8.69. The highest BCUT2D eigenvalue weighted by molar-refractivity contribution is 4.64. The predicted molar refractivity (Wildman–Crippen MR) is 51.9 cm³/mol. The van der Waals surface area contributed by atoms with Crippen LogP contribution >= 0.6 is 0 Å². The van der Waals surface area contributed by atoms with E-state index in [0.717, 1.165) is 5.92 Å². The van der Waals surface area contributed by atoms with Crippen molar-refractivity contribution in [1.82, 2.24) is 4.90 Å². The highest BCUT2D eigenvalue weighted by Gasteiger charge is 2.09. The third-order valence-electron chi connectivity index (χ3n) is 2.11. The molecule has 0 aromatic heterocycles. The molecular weight excluding hydrogens is 134 g/mol. The molecule has 1 saturated heterocycles. The summed E-state index contributed by atoms with van der Waals surface area (Å²) in [7, 11) is 2.22. The summed E-state index contributed by atoms with van der Waals surface area (Å²) in [4.78, 5) is 2.44. The summed E-state index contributed by atoms with van der Waals surface area (Å²) in [5.74, 6) is 0.928. The molecule has 0 aliphatic carbocycles. The molecule has 0 N–H and O–H groups in total. The molecule has 11 heavy (non-hydrogen) atoms.